The minimum atomic E-state index is -1.19. The topological polar surface area (TPSA) is 84.9 Å². The fraction of sp³-hybridized carbons (Fsp3) is 0.125. The first-order chi connectivity index (χ1) is 11.0. The van der Waals surface area contributed by atoms with Crippen LogP contribution in [0.2, 0.25) is 0 Å². The standard InChI is InChI=1S/C16H14BrNO5/c1-22-14-7-11(15(19)20)13(8-12(14)17)18-16(21)23-9-10-5-3-2-4-6-10/h2-8H,9H2,1H3,(H,18,21)(H,19,20). The Morgan fingerprint density at radius 3 is 2.52 bits per heavy atom. The van der Waals surface area contributed by atoms with Crippen molar-refractivity contribution in [2.75, 3.05) is 12.4 Å². The number of anilines is 1. The predicted octanol–water partition coefficient (Wildman–Crippen LogP) is 3.90. The number of methoxy groups -OCH3 is 1. The van der Waals surface area contributed by atoms with Gasteiger partial charge in [0.1, 0.15) is 12.4 Å². The van der Waals surface area contributed by atoms with E-state index in [1.807, 2.05) is 30.3 Å². The number of ether oxygens (including phenoxy) is 2. The SMILES string of the molecule is COc1cc(C(=O)O)c(NC(=O)OCc2ccccc2)cc1Br. The number of halogens is 1. The Hall–Kier alpha value is -2.54. The number of hydrogen-bond donors (Lipinski definition) is 2. The van der Waals surface area contributed by atoms with E-state index in [-0.39, 0.29) is 17.9 Å². The molecule has 0 bridgehead atoms. The first kappa shape index (κ1) is 16.8. The number of hydrogen-bond acceptors (Lipinski definition) is 4. The normalized spacial score (nSPS) is 10.0. The summed E-state index contributed by atoms with van der Waals surface area (Å²) in [4.78, 5) is 23.2. The lowest BCUT2D eigenvalue weighted by molar-refractivity contribution is 0.0697. The average Bonchev–Trinajstić information content (AvgIpc) is 2.54. The molecule has 0 heterocycles. The van der Waals surface area contributed by atoms with Crippen LogP contribution in [0.3, 0.4) is 0 Å². The quantitative estimate of drug-likeness (QED) is 0.822. The Morgan fingerprint density at radius 2 is 1.91 bits per heavy atom. The van der Waals surface area contributed by atoms with Gasteiger partial charge in [-0.2, -0.15) is 0 Å². The summed E-state index contributed by atoms with van der Waals surface area (Å²) in [6.45, 7) is 0.0897. The molecule has 7 heteroatoms. The monoisotopic (exact) mass is 379 g/mol. The smallest absolute Gasteiger partial charge is 0.411 e. The molecule has 2 aromatic carbocycles. The van der Waals surface area contributed by atoms with Gasteiger partial charge in [0, 0.05) is 0 Å². The Labute approximate surface area is 141 Å². The number of amides is 1. The third-order valence-electron chi connectivity index (χ3n) is 2.97. The molecule has 0 fully saturated rings. The summed E-state index contributed by atoms with van der Waals surface area (Å²) >= 11 is 3.25. The molecular weight excluding hydrogens is 366 g/mol. The number of carboxylic acids is 1. The van der Waals surface area contributed by atoms with E-state index in [0.29, 0.717) is 10.2 Å². The molecule has 2 N–H and O–H groups in total. The Bertz CT molecular complexity index is 718. The van der Waals surface area contributed by atoms with Crippen LogP contribution in [0.4, 0.5) is 10.5 Å². The highest BCUT2D eigenvalue weighted by Crippen LogP contribution is 2.31. The Morgan fingerprint density at radius 1 is 1.22 bits per heavy atom. The van der Waals surface area contributed by atoms with E-state index in [0.717, 1.165) is 5.56 Å². The van der Waals surface area contributed by atoms with Gasteiger partial charge in [0.25, 0.3) is 0 Å². The van der Waals surface area contributed by atoms with Gasteiger partial charge in [-0.05, 0) is 33.6 Å². The molecule has 0 aliphatic heterocycles. The van der Waals surface area contributed by atoms with Crippen molar-refractivity contribution in [2.24, 2.45) is 0 Å². The zero-order chi connectivity index (χ0) is 16.8. The van der Waals surface area contributed by atoms with Gasteiger partial charge in [0.15, 0.2) is 0 Å². The number of carbonyl (C=O) groups excluding carboxylic acids is 1. The maximum absolute atomic E-state index is 11.9. The van der Waals surface area contributed by atoms with Gasteiger partial charge in [0.05, 0.1) is 22.8 Å². The molecule has 6 nitrogen and oxygen atoms in total. The molecule has 0 aromatic heterocycles. The zero-order valence-corrected chi connectivity index (χ0v) is 13.8. The van der Waals surface area contributed by atoms with Crippen molar-refractivity contribution < 1.29 is 24.2 Å². The van der Waals surface area contributed by atoms with E-state index in [9.17, 15) is 14.7 Å². The molecule has 0 unspecified atom stereocenters. The summed E-state index contributed by atoms with van der Waals surface area (Å²) in [7, 11) is 1.42. The Kier molecular flexibility index (Phi) is 5.59. The van der Waals surface area contributed by atoms with Crippen molar-refractivity contribution in [2.45, 2.75) is 6.61 Å². The van der Waals surface area contributed by atoms with E-state index in [1.54, 1.807) is 0 Å². The van der Waals surface area contributed by atoms with Crippen LogP contribution in [0, 0.1) is 0 Å². The van der Waals surface area contributed by atoms with Crippen LogP contribution >= 0.6 is 15.9 Å². The number of carboxylic acid groups (broad SMARTS) is 1. The maximum Gasteiger partial charge on any atom is 0.411 e. The van der Waals surface area contributed by atoms with E-state index < -0.39 is 12.1 Å². The molecule has 0 aliphatic rings. The van der Waals surface area contributed by atoms with Crippen molar-refractivity contribution in [3.63, 3.8) is 0 Å². The number of nitrogens with one attached hydrogen (secondary N) is 1. The van der Waals surface area contributed by atoms with E-state index in [1.165, 1.54) is 19.2 Å². The Balaban J connectivity index is 2.11. The van der Waals surface area contributed by atoms with Gasteiger partial charge in [-0.25, -0.2) is 9.59 Å². The van der Waals surface area contributed by atoms with Crippen molar-refractivity contribution >= 4 is 33.7 Å². The lowest BCUT2D eigenvalue weighted by atomic mass is 10.1. The highest BCUT2D eigenvalue weighted by atomic mass is 79.9. The van der Waals surface area contributed by atoms with Crippen LogP contribution in [0.15, 0.2) is 46.9 Å². The van der Waals surface area contributed by atoms with Gasteiger partial charge < -0.3 is 14.6 Å². The fourth-order valence-corrected chi connectivity index (χ4v) is 2.36. The van der Waals surface area contributed by atoms with Crippen molar-refractivity contribution in [1.82, 2.24) is 0 Å². The first-order valence-corrected chi connectivity index (χ1v) is 7.39. The molecule has 23 heavy (non-hydrogen) atoms. The van der Waals surface area contributed by atoms with Crippen molar-refractivity contribution in [3.8, 4) is 5.75 Å². The number of benzene rings is 2. The van der Waals surface area contributed by atoms with E-state index in [2.05, 4.69) is 21.2 Å². The van der Waals surface area contributed by atoms with Crippen LogP contribution in [0.25, 0.3) is 0 Å². The molecule has 0 saturated heterocycles. The molecule has 2 aromatic rings. The summed E-state index contributed by atoms with van der Waals surface area (Å²) in [6, 6.07) is 11.9. The second kappa shape index (κ2) is 7.64. The van der Waals surface area contributed by atoms with Crippen molar-refractivity contribution in [3.05, 3.63) is 58.1 Å². The number of aromatic carboxylic acids is 1. The summed E-state index contributed by atoms with van der Waals surface area (Å²) in [5, 5.41) is 11.7. The molecule has 0 saturated carbocycles. The average molecular weight is 380 g/mol. The summed E-state index contributed by atoms with van der Waals surface area (Å²) in [5.74, 6) is -0.834. The van der Waals surface area contributed by atoms with Crippen molar-refractivity contribution in [1.29, 1.82) is 0 Å². The van der Waals surface area contributed by atoms with Crippen LogP contribution in [-0.2, 0) is 11.3 Å². The van der Waals surface area contributed by atoms with Gasteiger partial charge >= 0.3 is 12.1 Å². The van der Waals surface area contributed by atoms with E-state index in [4.69, 9.17) is 9.47 Å². The summed E-state index contributed by atoms with van der Waals surface area (Å²) in [6.07, 6.45) is -0.742. The molecule has 0 spiro atoms. The largest absolute Gasteiger partial charge is 0.496 e. The van der Waals surface area contributed by atoms with Crippen LogP contribution in [0.5, 0.6) is 5.75 Å². The predicted molar refractivity (Wildman–Crippen MR) is 87.9 cm³/mol. The number of carbonyl (C=O) groups is 2. The molecule has 0 aliphatic carbocycles. The van der Waals surface area contributed by atoms with Crippen LogP contribution in [0.1, 0.15) is 15.9 Å². The third kappa shape index (κ3) is 4.46. The minimum absolute atomic E-state index is 0.0897. The summed E-state index contributed by atoms with van der Waals surface area (Å²) < 4.78 is 10.6. The van der Waals surface area contributed by atoms with Crippen LogP contribution < -0.4 is 10.1 Å². The van der Waals surface area contributed by atoms with Gasteiger partial charge in [0.2, 0.25) is 0 Å². The molecule has 2 rings (SSSR count). The second-order valence-corrected chi connectivity index (χ2v) is 5.38. The highest BCUT2D eigenvalue weighted by molar-refractivity contribution is 9.10. The first-order valence-electron chi connectivity index (χ1n) is 6.59. The molecule has 1 amide bonds. The zero-order valence-electron chi connectivity index (χ0n) is 12.2. The molecule has 120 valence electrons. The fourth-order valence-electron chi connectivity index (χ4n) is 1.86. The lowest BCUT2D eigenvalue weighted by Crippen LogP contribution is -2.16. The minimum Gasteiger partial charge on any atom is -0.496 e. The molecule has 0 radical (unpaired) electrons. The second-order valence-electron chi connectivity index (χ2n) is 4.52. The van der Waals surface area contributed by atoms with Gasteiger partial charge in [-0.3, -0.25) is 5.32 Å². The molecule has 0 atom stereocenters. The lowest BCUT2D eigenvalue weighted by Gasteiger charge is -2.12. The third-order valence-corrected chi connectivity index (χ3v) is 3.59. The van der Waals surface area contributed by atoms with Gasteiger partial charge in [-0.1, -0.05) is 30.3 Å². The highest BCUT2D eigenvalue weighted by Gasteiger charge is 2.17. The van der Waals surface area contributed by atoms with E-state index >= 15 is 0 Å². The van der Waals surface area contributed by atoms with Crippen LogP contribution in [-0.4, -0.2) is 24.3 Å². The number of rotatable bonds is 5. The maximum atomic E-state index is 11.9. The molecular formula is C16H14BrNO5. The van der Waals surface area contributed by atoms with Gasteiger partial charge in [-0.15, -0.1) is 0 Å². The summed E-state index contributed by atoms with van der Waals surface area (Å²) in [5.41, 5.74) is 0.849.